The number of aromatic nitrogens is 2. The van der Waals surface area contributed by atoms with Crippen molar-refractivity contribution >= 4 is 41.0 Å². The van der Waals surface area contributed by atoms with Crippen molar-refractivity contribution in [3.8, 4) is 0 Å². The Bertz CT molecular complexity index is 688. The van der Waals surface area contributed by atoms with Gasteiger partial charge in [-0.15, -0.1) is 24.0 Å². The van der Waals surface area contributed by atoms with E-state index in [1.807, 2.05) is 31.6 Å². The molecule has 2 aromatic rings. The van der Waals surface area contributed by atoms with E-state index in [0.717, 1.165) is 43.2 Å². The van der Waals surface area contributed by atoms with Crippen LogP contribution in [0, 0.1) is 0 Å². The lowest BCUT2D eigenvalue weighted by Crippen LogP contribution is -2.51. The summed E-state index contributed by atoms with van der Waals surface area (Å²) < 4.78 is 13.0. The zero-order valence-corrected chi connectivity index (χ0v) is 17.1. The van der Waals surface area contributed by atoms with Crippen molar-refractivity contribution < 1.29 is 9.47 Å². The summed E-state index contributed by atoms with van der Waals surface area (Å²) in [6.45, 7) is 4.57. The van der Waals surface area contributed by atoms with Gasteiger partial charge in [-0.2, -0.15) is 0 Å². The van der Waals surface area contributed by atoms with Crippen LogP contribution in [-0.4, -0.2) is 73.5 Å². The second-order valence-electron chi connectivity index (χ2n) is 5.79. The van der Waals surface area contributed by atoms with Crippen molar-refractivity contribution in [3.05, 3.63) is 30.6 Å². The van der Waals surface area contributed by atoms with E-state index in [9.17, 15) is 0 Å². The number of hydrogen-bond acceptors (Lipinski definition) is 4. The summed E-state index contributed by atoms with van der Waals surface area (Å²) in [5, 5.41) is 3.44. The molecule has 1 aliphatic rings. The van der Waals surface area contributed by atoms with E-state index in [4.69, 9.17) is 9.47 Å². The fourth-order valence-electron chi connectivity index (χ4n) is 3.01. The van der Waals surface area contributed by atoms with Crippen LogP contribution in [0.1, 0.15) is 0 Å². The Labute approximate surface area is 165 Å². The third-order valence-corrected chi connectivity index (χ3v) is 4.17. The molecule has 0 saturated carbocycles. The predicted molar refractivity (Wildman–Crippen MR) is 110 cm³/mol. The lowest BCUT2D eigenvalue weighted by Gasteiger charge is -2.34. The fraction of sp³-hybridized carbons (Fsp3) is 0.529. The van der Waals surface area contributed by atoms with Crippen molar-refractivity contribution in [3.63, 3.8) is 0 Å². The topological polar surface area (TPSA) is 63.9 Å². The molecule has 1 aromatic heterocycles. The van der Waals surface area contributed by atoms with Gasteiger partial charge in [0.05, 0.1) is 36.7 Å². The highest BCUT2D eigenvalue weighted by molar-refractivity contribution is 14.0. The summed E-state index contributed by atoms with van der Waals surface area (Å²) in [4.78, 5) is 11.0. The van der Waals surface area contributed by atoms with Crippen molar-refractivity contribution in [2.24, 2.45) is 4.99 Å². The number of morpholine rings is 1. The first-order valence-corrected chi connectivity index (χ1v) is 8.28. The molecule has 2 heterocycles. The number of aliphatic imine (C=N–C) groups is 1. The van der Waals surface area contributed by atoms with Gasteiger partial charge in [-0.25, -0.2) is 4.98 Å². The average Bonchev–Trinajstić information content (AvgIpc) is 3.03. The number of hydrogen-bond donors (Lipinski definition) is 1. The molecule has 138 valence electrons. The minimum absolute atomic E-state index is 0. The lowest BCUT2D eigenvalue weighted by molar-refractivity contribution is -0.0447. The van der Waals surface area contributed by atoms with E-state index in [2.05, 4.69) is 30.8 Å². The molecule has 1 atom stereocenters. The largest absolute Gasteiger partial charge is 0.382 e. The Morgan fingerprint density at radius 2 is 2.28 bits per heavy atom. The van der Waals surface area contributed by atoms with Gasteiger partial charge in [0.25, 0.3) is 0 Å². The van der Waals surface area contributed by atoms with Crippen LogP contribution in [0.3, 0.4) is 0 Å². The van der Waals surface area contributed by atoms with Gasteiger partial charge >= 0.3 is 0 Å². The van der Waals surface area contributed by atoms with Gasteiger partial charge in [-0.05, 0) is 12.1 Å². The zero-order chi connectivity index (χ0) is 16.8. The predicted octanol–water partition coefficient (Wildman–Crippen LogP) is 1.58. The average molecular weight is 459 g/mol. The normalized spacial score (nSPS) is 18.2. The van der Waals surface area contributed by atoms with E-state index < -0.39 is 0 Å². The Balaban J connectivity index is 0.00000225. The highest BCUT2D eigenvalue weighted by Crippen LogP contribution is 2.11. The van der Waals surface area contributed by atoms with E-state index in [0.29, 0.717) is 13.2 Å². The number of nitrogens with zero attached hydrogens (tertiary/aromatic N) is 4. The number of ether oxygens (including phenoxy) is 2. The summed E-state index contributed by atoms with van der Waals surface area (Å²) in [7, 11) is 3.51. The van der Waals surface area contributed by atoms with Gasteiger partial charge in [0, 0.05) is 40.3 Å². The third kappa shape index (κ3) is 5.05. The van der Waals surface area contributed by atoms with Crippen molar-refractivity contribution in [2.75, 3.05) is 47.0 Å². The van der Waals surface area contributed by atoms with Gasteiger partial charge in [0.15, 0.2) is 5.96 Å². The van der Waals surface area contributed by atoms with Crippen LogP contribution >= 0.6 is 24.0 Å². The summed E-state index contributed by atoms with van der Waals surface area (Å²) in [5.41, 5.74) is 2.18. The molecule has 1 aliphatic heterocycles. The molecule has 1 aromatic carbocycles. The molecule has 25 heavy (non-hydrogen) atoms. The maximum Gasteiger partial charge on any atom is 0.193 e. The Morgan fingerprint density at radius 1 is 1.44 bits per heavy atom. The number of rotatable bonds is 5. The quantitative estimate of drug-likeness (QED) is 0.418. The Kier molecular flexibility index (Phi) is 7.91. The molecule has 0 radical (unpaired) electrons. The van der Waals surface area contributed by atoms with Gasteiger partial charge in [-0.1, -0.05) is 12.1 Å². The van der Waals surface area contributed by atoms with Crippen molar-refractivity contribution in [1.29, 1.82) is 0 Å². The van der Waals surface area contributed by atoms with Crippen LogP contribution < -0.4 is 5.32 Å². The van der Waals surface area contributed by atoms with Crippen LogP contribution in [0.25, 0.3) is 11.0 Å². The van der Waals surface area contributed by atoms with Gasteiger partial charge < -0.3 is 24.3 Å². The minimum atomic E-state index is 0. The third-order valence-electron chi connectivity index (χ3n) is 4.17. The van der Waals surface area contributed by atoms with E-state index in [1.165, 1.54) is 0 Å². The molecule has 1 fully saturated rings. The van der Waals surface area contributed by atoms with E-state index in [1.54, 1.807) is 7.11 Å². The standard InChI is InChI=1S/C17H25N5O2.HI/c1-18-17(21-9-10-24-14(11-21)12-23-2)19-7-8-22-13-20-15-5-3-4-6-16(15)22;/h3-6,13-14H,7-12H2,1-2H3,(H,18,19);1H. The van der Waals surface area contributed by atoms with Crippen LogP contribution in [0.5, 0.6) is 0 Å². The molecular weight excluding hydrogens is 433 g/mol. The number of fused-ring (bicyclic) bond motifs is 1. The molecule has 0 amide bonds. The maximum atomic E-state index is 5.69. The molecular formula is C17H26IN5O2. The maximum absolute atomic E-state index is 5.69. The molecule has 1 saturated heterocycles. The van der Waals surface area contributed by atoms with Gasteiger partial charge in [0.1, 0.15) is 0 Å². The smallest absolute Gasteiger partial charge is 0.193 e. The number of guanidine groups is 1. The number of nitrogens with one attached hydrogen (secondary N) is 1. The van der Waals surface area contributed by atoms with Crippen LogP contribution in [0.2, 0.25) is 0 Å². The number of halogens is 1. The highest BCUT2D eigenvalue weighted by atomic mass is 127. The zero-order valence-electron chi connectivity index (χ0n) is 14.7. The van der Waals surface area contributed by atoms with Crippen LogP contribution in [0.4, 0.5) is 0 Å². The molecule has 0 bridgehead atoms. The van der Waals surface area contributed by atoms with Gasteiger partial charge in [-0.3, -0.25) is 4.99 Å². The first kappa shape index (κ1) is 19.9. The lowest BCUT2D eigenvalue weighted by atomic mass is 10.3. The monoisotopic (exact) mass is 459 g/mol. The number of benzene rings is 1. The Hall–Kier alpha value is -1.39. The molecule has 8 heteroatoms. The fourth-order valence-corrected chi connectivity index (χ4v) is 3.01. The summed E-state index contributed by atoms with van der Waals surface area (Å²) in [5.74, 6) is 0.906. The Morgan fingerprint density at radius 3 is 3.08 bits per heavy atom. The first-order valence-electron chi connectivity index (χ1n) is 8.28. The van der Waals surface area contributed by atoms with E-state index in [-0.39, 0.29) is 30.1 Å². The summed E-state index contributed by atoms with van der Waals surface area (Å²) in [6, 6.07) is 8.17. The molecule has 0 spiro atoms. The van der Waals surface area contributed by atoms with Crippen LogP contribution in [0.15, 0.2) is 35.6 Å². The second kappa shape index (κ2) is 9.93. The van der Waals surface area contributed by atoms with E-state index >= 15 is 0 Å². The molecule has 7 nitrogen and oxygen atoms in total. The second-order valence-corrected chi connectivity index (χ2v) is 5.79. The van der Waals surface area contributed by atoms with Crippen molar-refractivity contribution in [1.82, 2.24) is 19.8 Å². The first-order chi connectivity index (χ1) is 11.8. The molecule has 0 aliphatic carbocycles. The number of para-hydroxylation sites is 2. The van der Waals surface area contributed by atoms with Crippen LogP contribution in [-0.2, 0) is 16.0 Å². The molecule has 3 rings (SSSR count). The van der Waals surface area contributed by atoms with Crippen molar-refractivity contribution in [2.45, 2.75) is 12.6 Å². The van der Waals surface area contributed by atoms with Gasteiger partial charge in [0.2, 0.25) is 0 Å². The summed E-state index contributed by atoms with van der Waals surface area (Å²) in [6.07, 6.45) is 1.98. The minimum Gasteiger partial charge on any atom is -0.382 e. The molecule has 1 N–H and O–H groups in total. The number of imidazole rings is 1. The summed E-state index contributed by atoms with van der Waals surface area (Å²) >= 11 is 0. The number of methoxy groups -OCH3 is 1. The highest BCUT2D eigenvalue weighted by Gasteiger charge is 2.22. The SMILES string of the molecule is CN=C(NCCn1cnc2ccccc21)N1CCOC(COC)C1.I. The molecule has 1 unspecified atom stereocenters.